The molecular weight excluding hydrogens is 419 g/mol. The number of hydrogen-bond donors (Lipinski definition) is 2. The van der Waals surface area contributed by atoms with E-state index in [9.17, 15) is 4.79 Å². The van der Waals surface area contributed by atoms with Crippen LogP contribution in [0, 0.1) is 11.3 Å². The van der Waals surface area contributed by atoms with Crippen molar-refractivity contribution in [2.75, 3.05) is 11.2 Å². The van der Waals surface area contributed by atoms with Gasteiger partial charge in [-0.15, -0.1) is 10.2 Å². The predicted molar refractivity (Wildman–Crippen MR) is 111 cm³/mol. The molecule has 1 aromatic heterocycles. The van der Waals surface area contributed by atoms with E-state index in [0.717, 1.165) is 5.56 Å². The molecule has 28 heavy (non-hydrogen) atoms. The van der Waals surface area contributed by atoms with E-state index in [0.29, 0.717) is 27.3 Å². The Balaban J connectivity index is 1.70. The van der Waals surface area contributed by atoms with Crippen LogP contribution in [0.15, 0.2) is 47.6 Å². The van der Waals surface area contributed by atoms with E-state index in [2.05, 4.69) is 15.5 Å². The Morgan fingerprint density at radius 1 is 1.25 bits per heavy atom. The Bertz CT molecular complexity index is 1060. The molecule has 0 bridgehead atoms. The first-order valence-corrected chi connectivity index (χ1v) is 9.66. The number of benzene rings is 2. The number of hydrogen-bond acceptors (Lipinski definition) is 6. The van der Waals surface area contributed by atoms with E-state index < -0.39 is 5.25 Å². The molecule has 142 valence electrons. The third-order valence-electron chi connectivity index (χ3n) is 3.78. The Hall–Kier alpha value is -2.73. The van der Waals surface area contributed by atoms with Crippen molar-refractivity contribution in [3.05, 3.63) is 58.1 Å². The molecule has 0 saturated heterocycles. The van der Waals surface area contributed by atoms with Gasteiger partial charge in [0.15, 0.2) is 5.82 Å². The third-order valence-corrected chi connectivity index (χ3v) is 5.40. The standard InChI is InChI=1S/C18H14Cl2N6OS/c1-10(17(27)23-14-7-4-12(9-21)15(20)8-14)28-18-25-24-16(26(18)22)11-2-5-13(19)6-3-11/h2-8,10H,22H2,1H3,(H,23,27). The number of nitrogens with one attached hydrogen (secondary N) is 1. The molecule has 7 nitrogen and oxygen atoms in total. The van der Waals surface area contributed by atoms with Crippen molar-refractivity contribution in [3.63, 3.8) is 0 Å². The average molecular weight is 433 g/mol. The Morgan fingerprint density at radius 2 is 1.96 bits per heavy atom. The summed E-state index contributed by atoms with van der Waals surface area (Å²) in [5.74, 6) is 6.29. The number of rotatable bonds is 5. The Kier molecular flexibility index (Phi) is 6.09. The number of thioether (sulfide) groups is 1. The largest absolute Gasteiger partial charge is 0.335 e. The smallest absolute Gasteiger partial charge is 0.237 e. The first-order valence-electron chi connectivity index (χ1n) is 8.02. The molecule has 0 aliphatic rings. The van der Waals surface area contributed by atoms with Gasteiger partial charge < -0.3 is 11.2 Å². The summed E-state index contributed by atoms with van der Waals surface area (Å²) < 4.78 is 1.33. The minimum absolute atomic E-state index is 0.262. The second-order valence-corrected chi connectivity index (χ2v) is 7.89. The molecule has 0 saturated carbocycles. The van der Waals surface area contributed by atoms with Crippen molar-refractivity contribution in [1.82, 2.24) is 14.9 Å². The third kappa shape index (κ3) is 4.39. The van der Waals surface area contributed by atoms with Crippen LogP contribution in [0.4, 0.5) is 5.69 Å². The number of carbonyl (C=O) groups excluding carboxylic acids is 1. The van der Waals surface area contributed by atoms with Gasteiger partial charge in [-0.3, -0.25) is 4.79 Å². The van der Waals surface area contributed by atoms with Crippen LogP contribution >= 0.6 is 35.0 Å². The highest BCUT2D eigenvalue weighted by Gasteiger charge is 2.20. The van der Waals surface area contributed by atoms with Crippen LogP contribution < -0.4 is 11.2 Å². The summed E-state index contributed by atoms with van der Waals surface area (Å²) in [6.45, 7) is 1.72. The summed E-state index contributed by atoms with van der Waals surface area (Å²) in [5, 5.41) is 20.6. The van der Waals surface area contributed by atoms with Gasteiger partial charge in [-0.05, 0) is 49.4 Å². The van der Waals surface area contributed by atoms with E-state index in [4.69, 9.17) is 34.3 Å². The maximum Gasteiger partial charge on any atom is 0.237 e. The fourth-order valence-corrected chi connectivity index (χ4v) is 3.41. The zero-order valence-corrected chi connectivity index (χ0v) is 16.9. The molecule has 2 aromatic carbocycles. The van der Waals surface area contributed by atoms with Crippen LogP contribution in [-0.4, -0.2) is 26.0 Å². The molecule has 0 fully saturated rings. The van der Waals surface area contributed by atoms with Crippen molar-refractivity contribution < 1.29 is 4.79 Å². The van der Waals surface area contributed by atoms with Crippen molar-refractivity contribution in [2.24, 2.45) is 0 Å². The van der Waals surface area contributed by atoms with E-state index in [-0.39, 0.29) is 10.9 Å². The van der Waals surface area contributed by atoms with Crippen molar-refractivity contribution in [2.45, 2.75) is 17.3 Å². The maximum absolute atomic E-state index is 12.5. The lowest BCUT2D eigenvalue weighted by molar-refractivity contribution is -0.115. The molecule has 3 aromatic rings. The van der Waals surface area contributed by atoms with Crippen molar-refractivity contribution in [1.29, 1.82) is 5.26 Å². The number of amides is 1. The molecule has 0 aliphatic heterocycles. The van der Waals surface area contributed by atoms with Gasteiger partial charge in [0.25, 0.3) is 0 Å². The lowest BCUT2D eigenvalue weighted by Crippen LogP contribution is -2.23. The van der Waals surface area contributed by atoms with Crippen LogP contribution in [0.3, 0.4) is 0 Å². The van der Waals surface area contributed by atoms with Crippen molar-refractivity contribution >= 4 is 46.6 Å². The van der Waals surface area contributed by atoms with Crippen molar-refractivity contribution in [3.8, 4) is 17.5 Å². The monoisotopic (exact) mass is 432 g/mol. The second kappa shape index (κ2) is 8.52. The number of carbonyl (C=O) groups is 1. The minimum Gasteiger partial charge on any atom is -0.335 e. The van der Waals surface area contributed by atoms with E-state index in [1.807, 2.05) is 6.07 Å². The minimum atomic E-state index is -0.501. The molecule has 1 amide bonds. The SMILES string of the molecule is CC(Sc1nnc(-c2ccc(Cl)cc2)n1N)C(=O)Nc1ccc(C#N)c(Cl)c1. The number of nitrogens with two attached hydrogens (primary N) is 1. The predicted octanol–water partition coefficient (Wildman–Crippen LogP) is 3.96. The Morgan fingerprint density at radius 3 is 2.61 bits per heavy atom. The number of anilines is 1. The van der Waals surface area contributed by atoms with Gasteiger partial charge in [-0.1, -0.05) is 35.0 Å². The number of nitrogens with zero attached hydrogens (tertiary/aromatic N) is 4. The fourth-order valence-electron chi connectivity index (χ4n) is 2.29. The van der Waals surface area contributed by atoms with E-state index in [1.165, 1.54) is 22.5 Å². The maximum atomic E-state index is 12.5. The van der Waals surface area contributed by atoms with E-state index in [1.54, 1.807) is 43.3 Å². The summed E-state index contributed by atoms with van der Waals surface area (Å²) >= 11 is 13.1. The first kappa shape index (κ1) is 20.0. The quantitative estimate of drug-likeness (QED) is 0.466. The summed E-state index contributed by atoms with van der Waals surface area (Å²) in [6, 6.07) is 13.7. The Labute approximate surface area is 175 Å². The zero-order chi connectivity index (χ0) is 20.3. The van der Waals surface area contributed by atoms with Crippen LogP contribution in [0.2, 0.25) is 10.0 Å². The highest BCUT2D eigenvalue weighted by molar-refractivity contribution is 8.00. The first-order chi connectivity index (χ1) is 13.4. The van der Waals surface area contributed by atoms with Crippen LogP contribution in [0.5, 0.6) is 0 Å². The van der Waals surface area contributed by atoms with Gasteiger partial charge in [0, 0.05) is 16.3 Å². The molecule has 1 unspecified atom stereocenters. The lowest BCUT2D eigenvalue weighted by atomic mass is 10.2. The summed E-state index contributed by atoms with van der Waals surface area (Å²) in [7, 11) is 0. The van der Waals surface area contributed by atoms with Gasteiger partial charge in [-0.2, -0.15) is 5.26 Å². The highest BCUT2D eigenvalue weighted by atomic mass is 35.5. The van der Waals surface area contributed by atoms with Crippen LogP contribution in [-0.2, 0) is 4.79 Å². The average Bonchev–Trinajstić information content (AvgIpc) is 3.03. The molecular formula is C18H14Cl2N6OS. The molecule has 10 heteroatoms. The fraction of sp³-hybridized carbons (Fsp3) is 0.111. The molecule has 0 aliphatic carbocycles. The summed E-state index contributed by atoms with van der Waals surface area (Å²) in [4.78, 5) is 12.5. The van der Waals surface area contributed by atoms with Crippen LogP contribution in [0.25, 0.3) is 11.4 Å². The van der Waals surface area contributed by atoms with Gasteiger partial charge in [-0.25, -0.2) is 4.68 Å². The van der Waals surface area contributed by atoms with E-state index >= 15 is 0 Å². The van der Waals surface area contributed by atoms with Gasteiger partial charge in [0.2, 0.25) is 11.1 Å². The normalized spacial score (nSPS) is 11.6. The zero-order valence-electron chi connectivity index (χ0n) is 14.6. The summed E-state index contributed by atoms with van der Waals surface area (Å²) in [6.07, 6.45) is 0. The van der Waals surface area contributed by atoms with Gasteiger partial charge >= 0.3 is 0 Å². The molecule has 1 heterocycles. The number of nitrogen functional groups attached to an aromatic ring is 1. The second-order valence-electron chi connectivity index (χ2n) is 5.74. The number of halogens is 2. The lowest BCUT2D eigenvalue weighted by Gasteiger charge is -2.12. The molecule has 3 rings (SSSR count). The number of nitriles is 1. The highest BCUT2D eigenvalue weighted by Crippen LogP contribution is 2.27. The van der Waals surface area contributed by atoms with Crippen LogP contribution in [0.1, 0.15) is 12.5 Å². The molecule has 1 atom stereocenters. The summed E-state index contributed by atoms with van der Waals surface area (Å²) in [5.41, 5.74) is 1.60. The topological polar surface area (TPSA) is 110 Å². The van der Waals surface area contributed by atoms with Gasteiger partial charge in [0.05, 0.1) is 15.8 Å². The van der Waals surface area contributed by atoms with Gasteiger partial charge in [0.1, 0.15) is 6.07 Å². The number of aromatic nitrogens is 3. The molecule has 0 spiro atoms. The molecule has 0 radical (unpaired) electrons. The molecule has 3 N–H and O–H groups in total.